The molecule has 1 aromatic heterocycles. The third-order valence-corrected chi connectivity index (χ3v) is 3.97. The minimum atomic E-state index is -0.0497. The molecule has 3 nitrogen and oxygen atoms in total. The van der Waals surface area contributed by atoms with Crippen LogP contribution in [0.2, 0.25) is 4.34 Å². The van der Waals surface area contributed by atoms with E-state index in [1.54, 1.807) is 24.1 Å². The summed E-state index contributed by atoms with van der Waals surface area (Å²) in [5, 5.41) is 0. The molecule has 0 saturated heterocycles. The summed E-state index contributed by atoms with van der Waals surface area (Å²) in [5.41, 5.74) is 7.26. The Kier molecular flexibility index (Phi) is 4.82. The van der Waals surface area contributed by atoms with Crippen LogP contribution in [0.5, 0.6) is 0 Å². The highest BCUT2D eigenvalue weighted by Gasteiger charge is 2.07. The molecule has 0 atom stereocenters. The first-order chi connectivity index (χ1) is 9.54. The molecule has 0 aliphatic rings. The summed E-state index contributed by atoms with van der Waals surface area (Å²) in [4.78, 5) is 14.7. The number of nitrogens with two attached hydrogens (primary N) is 1. The van der Waals surface area contributed by atoms with Gasteiger partial charge in [0.1, 0.15) is 0 Å². The molecule has 2 aromatic rings. The molecule has 0 saturated carbocycles. The first kappa shape index (κ1) is 14.6. The summed E-state index contributed by atoms with van der Waals surface area (Å²) in [6, 6.07) is 11.1. The van der Waals surface area contributed by atoms with Crippen LogP contribution in [0.1, 0.15) is 10.4 Å². The average molecular weight is 307 g/mol. The summed E-state index contributed by atoms with van der Waals surface area (Å²) in [7, 11) is 1.77. The van der Waals surface area contributed by atoms with Crippen molar-refractivity contribution in [2.24, 2.45) is 0 Å². The number of amides is 1. The average Bonchev–Trinajstić information content (AvgIpc) is 2.83. The number of anilines is 1. The lowest BCUT2D eigenvalue weighted by atomic mass is 10.2. The standard InChI is InChI=1S/C15H15ClN2OS/c1-18(10-13-7-8-14(16)20-13)15(19)9-4-11-2-5-12(17)6-3-11/h2-9H,10,17H2,1H3/b9-4+. The molecule has 1 aromatic carbocycles. The lowest BCUT2D eigenvalue weighted by molar-refractivity contribution is -0.125. The molecule has 0 aliphatic heterocycles. The number of thiophene rings is 1. The Bertz CT molecular complexity index is 619. The highest BCUT2D eigenvalue weighted by Crippen LogP contribution is 2.22. The van der Waals surface area contributed by atoms with Crippen molar-refractivity contribution in [3.8, 4) is 0 Å². The lowest BCUT2D eigenvalue weighted by Crippen LogP contribution is -2.23. The largest absolute Gasteiger partial charge is 0.399 e. The van der Waals surface area contributed by atoms with Gasteiger partial charge in [0.15, 0.2) is 0 Å². The molecule has 0 fully saturated rings. The van der Waals surface area contributed by atoms with Gasteiger partial charge in [-0.15, -0.1) is 11.3 Å². The molecule has 2 rings (SSSR count). The van der Waals surface area contributed by atoms with Crippen LogP contribution < -0.4 is 5.73 Å². The Morgan fingerprint density at radius 1 is 1.30 bits per heavy atom. The minimum Gasteiger partial charge on any atom is -0.399 e. The van der Waals surface area contributed by atoms with Crippen molar-refractivity contribution in [3.05, 3.63) is 57.3 Å². The minimum absolute atomic E-state index is 0.0497. The number of hydrogen-bond acceptors (Lipinski definition) is 3. The quantitative estimate of drug-likeness (QED) is 0.692. The van der Waals surface area contributed by atoms with Gasteiger partial charge in [0.25, 0.3) is 0 Å². The number of nitrogens with zero attached hydrogens (tertiary/aromatic N) is 1. The predicted molar refractivity (Wildman–Crippen MR) is 85.7 cm³/mol. The van der Waals surface area contributed by atoms with Gasteiger partial charge < -0.3 is 10.6 Å². The smallest absolute Gasteiger partial charge is 0.246 e. The molecular formula is C15H15ClN2OS. The number of carbonyl (C=O) groups is 1. The maximum atomic E-state index is 12.0. The van der Waals surface area contributed by atoms with Gasteiger partial charge >= 0.3 is 0 Å². The summed E-state index contributed by atoms with van der Waals surface area (Å²) < 4.78 is 0.735. The second kappa shape index (κ2) is 6.59. The Morgan fingerprint density at radius 3 is 2.60 bits per heavy atom. The molecule has 0 aliphatic carbocycles. The molecule has 0 unspecified atom stereocenters. The SMILES string of the molecule is CN(Cc1ccc(Cl)s1)C(=O)/C=C/c1ccc(N)cc1. The Labute approximate surface area is 127 Å². The molecule has 2 N–H and O–H groups in total. The maximum Gasteiger partial charge on any atom is 0.246 e. The predicted octanol–water partition coefficient (Wildman–Crippen LogP) is 3.66. The summed E-state index contributed by atoms with van der Waals surface area (Å²) >= 11 is 7.35. The second-order valence-corrected chi connectivity index (χ2v) is 6.20. The van der Waals surface area contributed by atoms with Gasteiger partial charge in [-0.2, -0.15) is 0 Å². The highest BCUT2D eigenvalue weighted by atomic mass is 35.5. The number of likely N-dealkylation sites (N-methyl/N-ethyl adjacent to an activating group) is 1. The summed E-state index contributed by atoms with van der Waals surface area (Å²) in [6.07, 6.45) is 3.33. The summed E-state index contributed by atoms with van der Waals surface area (Å²) in [6.45, 7) is 0.558. The van der Waals surface area contributed by atoms with Crippen LogP contribution in [0.15, 0.2) is 42.5 Å². The van der Waals surface area contributed by atoms with Gasteiger partial charge in [-0.25, -0.2) is 0 Å². The van der Waals surface area contributed by atoms with Gasteiger partial charge in [-0.05, 0) is 35.9 Å². The van der Waals surface area contributed by atoms with E-state index in [0.29, 0.717) is 12.2 Å². The fraction of sp³-hybridized carbons (Fsp3) is 0.133. The number of hydrogen-bond donors (Lipinski definition) is 1. The molecule has 5 heteroatoms. The summed E-state index contributed by atoms with van der Waals surface area (Å²) in [5.74, 6) is -0.0497. The molecule has 20 heavy (non-hydrogen) atoms. The number of nitrogen functional groups attached to an aromatic ring is 1. The van der Waals surface area contributed by atoms with Gasteiger partial charge in [0.2, 0.25) is 5.91 Å². The zero-order chi connectivity index (χ0) is 14.5. The van der Waals surface area contributed by atoms with Crippen LogP contribution in [0.3, 0.4) is 0 Å². The third kappa shape index (κ3) is 4.11. The van der Waals surface area contributed by atoms with Gasteiger partial charge in [0.05, 0.1) is 10.9 Å². The fourth-order valence-electron chi connectivity index (χ4n) is 1.65. The van der Waals surface area contributed by atoms with E-state index < -0.39 is 0 Å². The van der Waals surface area contributed by atoms with Crippen molar-refractivity contribution in [2.45, 2.75) is 6.54 Å². The lowest BCUT2D eigenvalue weighted by Gasteiger charge is -2.13. The Hall–Kier alpha value is -1.78. The van der Waals surface area contributed by atoms with Crippen LogP contribution in [0.4, 0.5) is 5.69 Å². The fourth-order valence-corrected chi connectivity index (χ4v) is 2.79. The van der Waals surface area contributed by atoms with E-state index in [1.165, 1.54) is 11.3 Å². The van der Waals surface area contributed by atoms with Crippen LogP contribution in [-0.4, -0.2) is 17.9 Å². The van der Waals surface area contributed by atoms with Crippen molar-refractivity contribution >= 4 is 40.6 Å². The first-order valence-electron chi connectivity index (χ1n) is 6.07. The molecule has 1 heterocycles. The molecule has 0 bridgehead atoms. The van der Waals surface area contributed by atoms with Crippen LogP contribution in [-0.2, 0) is 11.3 Å². The molecule has 0 radical (unpaired) electrons. The number of benzene rings is 1. The van der Waals surface area contributed by atoms with E-state index in [4.69, 9.17) is 17.3 Å². The number of carbonyl (C=O) groups excluding carboxylic acids is 1. The third-order valence-electron chi connectivity index (χ3n) is 2.75. The van der Waals surface area contributed by atoms with Gasteiger partial charge in [-0.3, -0.25) is 4.79 Å². The van der Waals surface area contributed by atoms with Gasteiger partial charge in [-0.1, -0.05) is 23.7 Å². The van der Waals surface area contributed by atoms with Crippen molar-refractivity contribution in [1.29, 1.82) is 0 Å². The van der Waals surface area contributed by atoms with E-state index in [9.17, 15) is 4.79 Å². The first-order valence-corrected chi connectivity index (χ1v) is 7.27. The van der Waals surface area contributed by atoms with Crippen molar-refractivity contribution in [1.82, 2.24) is 4.90 Å². The van der Waals surface area contributed by atoms with Gasteiger partial charge in [0, 0.05) is 23.7 Å². The molecule has 0 spiro atoms. The number of halogens is 1. The van der Waals surface area contributed by atoms with Crippen molar-refractivity contribution < 1.29 is 4.79 Å². The monoisotopic (exact) mass is 306 g/mol. The van der Waals surface area contributed by atoms with E-state index in [1.807, 2.05) is 36.4 Å². The molecule has 1 amide bonds. The Morgan fingerprint density at radius 2 is 2.00 bits per heavy atom. The topological polar surface area (TPSA) is 46.3 Å². The van der Waals surface area contributed by atoms with Crippen LogP contribution in [0.25, 0.3) is 6.08 Å². The highest BCUT2D eigenvalue weighted by molar-refractivity contribution is 7.16. The zero-order valence-electron chi connectivity index (χ0n) is 11.0. The molecular weight excluding hydrogens is 292 g/mol. The van der Waals surface area contributed by atoms with E-state index in [2.05, 4.69) is 0 Å². The van der Waals surface area contributed by atoms with E-state index in [-0.39, 0.29) is 5.91 Å². The zero-order valence-corrected chi connectivity index (χ0v) is 12.6. The normalized spacial score (nSPS) is 10.9. The van der Waals surface area contributed by atoms with E-state index in [0.717, 1.165) is 14.8 Å². The van der Waals surface area contributed by atoms with Crippen molar-refractivity contribution in [2.75, 3.05) is 12.8 Å². The molecule has 104 valence electrons. The van der Waals surface area contributed by atoms with Crippen LogP contribution in [0, 0.1) is 0 Å². The van der Waals surface area contributed by atoms with Crippen LogP contribution >= 0.6 is 22.9 Å². The maximum absolute atomic E-state index is 12.0. The second-order valence-electron chi connectivity index (χ2n) is 4.40. The van der Waals surface area contributed by atoms with E-state index >= 15 is 0 Å². The Balaban J connectivity index is 1.95. The number of rotatable bonds is 4. The van der Waals surface area contributed by atoms with Crippen molar-refractivity contribution in [3.63, 3.8) is 0 Å².